The van der Waals surface area contributed by atoms with Crippen molar-refractivity contribution in [3.63, 3.8) is 0 Å². The molecule has 0 atom stereocenters. The highest BCUT2D eigenvalue weighted by Crippen LogP contribution is 2.28. The Hall–Kier alpha value is -0.700. The van der Waals surface area contributed by atoms with Gasteiger partial charge in [-0.2, -0.15) is 0 Å². The molecule has 3 heteroatoms. The zero-order valence-corrected chi connectivity index (χ0v) is 8.47. The standard InChI is InChI=1S/C9H11BrO2/c1-2-5-12-9-6-7(10)3-4-8(9)11/h3-4,6,11H,2,5H2,1H3. The number of phenolic OH excluding ortho intramolecular Hbond substituents is 1. The van der Waals surface area contributed by atoms with Crippen LogP contribution < -0.4 is 4.74 Å². The number of phenols is 1. The van der Waals surface area contributed by atoms with Crippen LogP contribution in [-0.2, 0) is 0 Å². The minimum Gasteiger partial charge on any atom is -0.504 e. The van der Waals surface area contributed by atoms with Crippen LogP contribution in [0.15, 0.2) is 22.7 Å². The van der Waals surface area contributed by atoms with Crippen molar-refractivity contribution >= 4 is 15.9 Å². The lowest BCUT2D eigenvalue weighted by molar-refractivity contribution is 0.299. The molecule has 12 heavy (non-hydrogen) atoms. The van der Waals surface area contributed by atoms with Crippen LogP contribution in [0.3, 0.4) is 0 Å². The number of hydrogen-bond donors (Lipinski definition) is 1. The Morgan fingerprint density at radius 2 is 2.25 bits per heavy atom. The van der Waals surface area contributed by atoms with Gasteiger partial charge in [-0.25, -0.2) is 0 Å². The van der Waals surface area contributed by atoms with Gasteiger partial charge in [0.05, 0.1) is 6.61 Å². The van der Waals surface area contributed by atoms with Gasteiger partial charge >= 0.3 is 0 Å². The summed E-state index contributed by atoms with van der Waals surface area (Å²) in [5.41, 5.74) is 0. The number of halogens is 1. The first-order valence-electron chi connectivity index (χ1n) is 3.85. The Kier molecular flexibility index (Phi) is 3.41. The topological polar surface area (TPSA) is 29.5 Å². The van der Waals surface area contributed by atoms with Gasteiger partial charge < -0.3 is 9.84 Å². The second-order valence-electron chi connectivity index (χ2n) is 2.46. The Morgan fingerprint density at radius 1 is 1.50 bits per heavy atom. The van der Waals surface area contributed by atoms with E-state index in [0.717, 1.165) is 10.9 Å². The fraction of sp³-hybridized carbons (Fsp3) is 0.333. The van der Waals surface area contributed by atoms with Gasteiger partial charge in [-0.15, -0.1) is 0 Å². The van der Waals surface area contributed by atoms with Crippen LogP contribution in [0.5, 0.6) is 11.5 Å². The Bertz CT molecular complexity index is 261. The van der Waals surface area contributed by atoms with Crippen molar-refractivity contribution in [3.8, 4) is 11.5 Å². The highest BCUT2D eigenvalue weighted by Gasteiger charge is 2.01. The second kappa shape index (κ2) is 4.36. The zero-order valence-electron chi connectivity index (χ0n) is 6.88. The lowest BCUT2D eigenvalue weighted by Gasteiger charge is -2.06. The first kappa shape index (κ1) is 9.39. The van der Waals surface area contributed by atoms with Crippen molar-refractivity contribution in [2.45, 2.75) is 13.3 Å². The summed E-state index contributed by atoms with van der Waals surface area (Å²) in [5.74, 6) is 0.720. The molecule has 1 rings (SSSR count). The smallest absolute Gasteiger partial charge is 0.162 e. The minimum atomic E-state index is 0.187. The lowest BCUT2D eigenvalue weighted by atomic mass is 10.3. The molecular formula is C9H11BrO2. The Morgan fingerprint density at radius 3 is 2.92 bits per heavy atom. The van der Waals surface area contributed by atoms with Crippen LogP contribution in [0.4, 0.5) is 0 Å². The van der Waals surface area contributed by atoms with Crippen LogP contribution in [0, 0.1) is 0 Å². The Balaban J connectivity index is 2.75. The number of rotatable bonds is 3. The molecule has 0 saturated heterocycles. The fourth-order valence-corrected chi connectivity index (χ4v) is 1.16. The minimum absolute atomic E-state index is 0.187. The molecule has 0 saturated carbocycles. The first-order valence-corrected chi connectivity index (χ1v) is 4.64. The van der Waals surface area contributed by atoms with E-state index >= 15 is 0 Å². The molecule has 0 unspecified atom stereocenters. The van der Waals surface area contributed by atoms with E-state index in [1.54, 1.807) is 18.2 Å². The SMILES string of the molecule is CCCOc1cc(Br)ccc1O. The molecule has 0 aromatic heterocycles. The molecule has 0 radical (unpaired) electrons. The maximum atomic E-state index is 9.32. The molecule has 0 aliphatic carbocycles. The van der Waals surface area contributed by atoms with Crippen molar-refractivity contribution in [1.29, 1.82) is 0 Å². The van der Waals surface area contributed by atoms with Crippen LogP contribution in [-0.4, -0.2) is 11.7 Å². The van der Waals surface area contributed by atoms with Crippen molar-refractivity contribution in [2.24, 2.45) is 0 Å². The molecule has 1 N–H and O–H groups in total. The summed E-state index contributed by atoms with van der Waals surface area (Å²) in [4.78, 5) is 0. The van der Waals surface area contributed by atoms with Gasteiger partial charge in [0.25, 0.3) is 0 Å². The zero-order chi connectivity index (χ0) is 8.97. The van der Waals surface area contributed by atoms with E-state index in [1.807, 2.05) is 6.92 Å². The average molecular weight is 231 g/mol. The molecule has 0 spiro atoms. The van der Waals surface area contributed by atoms with Crippen molar-refractivity contribution in [3.05, 3.63) is 22.7 Å². The van der Waals surface area contributed by atoms with E-state index in [4.69, 9.17) is 4.74 Å². The largest absolute Gasteiger partial charge is 0.504 e. The van der Waals surface area contributed by atoms with Gasteiger partial charge in [0.1, 0.15) is 0 Å². The monoisotopic (exact) mass is 230 g/mol. The molecule has 0 fully saturated rings. The van der Waals surface area contributed by atoms with E-state index in [0.29, 0.717) is 12.4 Å². The molecule has 0 bridgehead atoms. The van der Waals surface area contributed by atoms with Crippen molar-refractivity contribution in [1.82, 2.24) is 0 Å². The quantitative estimate of drug-likeness (QED) is 0.866. The summed E-state index contributed by atoms with van der Waals surface area (Å²) >= 11 is 3.30. The van der Waals surface area contributed by atoms with Gasteiger partial charge in [0.2, 0.25) is 0 Å². The number of aromatic hydroxyl groups is 1. The summed E-state index contributed by atoms with van der Waals surface area (Å²) in [7, 11) is 0. The lowest BCUT2D eigenvalue weighted by Crippen LogP contribution is -1.94. The molecule has 1 aromatic rings. The Labute approximate surface area is 80.3 Å². The number of benzene rings is 1. The van der Waals surface area contributed by atoms with Gasteiger partial charge in [0.15, 0.2) is 11.5 Å². The van der Waals surface area contributed by atoms with Gasteiger partial charge in [-0.05, 0) is 24.6 Å². The normalized spacial score (nSPS) is 9.83. The van der Waals surface area contributed by atoms with E-state index in [1.165, 1.54) is 0 Å². The number of hydrogen-bond acceptors (Lipinski definition) is 2. The molecule has 66 valence electrons. The highest BCUT2D eigenvalue weighted by atomic mass is 79.9. The fourth-order valence-electron chi connectivity index (χ4n) is 0.816. The van der Waals surface area contributed by atoms with E-state index in [9.17, 15) is 5.11 Å². The highest BCUT2D eigenvalue weighted by molar-refractivity contribution is 9.10. The molecule has 0 aliphatic rings. The van der Waals surface area contributed by atoms with Gasteiger partial charge in [-0.1, -0.05) is 22.9 Å². The summed E-state index contributed by atoms with van der Waals surface area (Å²) in [5, 5.41) is 9.32. The predicted molar refractivity (Wildman–Crippen MR) is 51.6 cm³/mol. The molecule has 0 heterocycles. The summed E-state index contributed by atoms with van der Waals surface area (Å²) < 4.78 is 6.20. The molecule has 1 aromatic carbocycles. The van der Waals surface area contributed by atoms with Crippen molar-refractivity contribution in [2.75, 3.05) is 6.61 Å². The third-order valence-corrected chi connectivity index (χ3v) is 1.88. The molecular weight excluding hydrogens is 220 g/mol. The third kappa shape index (κ3) is 2.41. The molecule has 0 amide bonds. The van der Waals surface area contributed by atoms with E-state index in [-0.39, 0.29) is 5.75 Å². The molecule has 2 nitrogen and oxygen atoms in total. The molecule has 0 aliphatic heterocycles. The van der Waals surface area contributed by atoms with Crippen LogP contribution in [0.25, 0.3) is 0 Å². The van der Waals surface area contributed by atoms with Gasteiger partial charge in [-0.3, -0.25) is 0 Å². The maximum absolute atomic E-state index is 9.32. The third-order valence-electron chi connectivity index (χ3n) is 1.38. The summed E-state index contributed by atoms with van der Waals surface area (Å²) in [6.07, 6.45) is 0.936. The van der Waals surface area contributed by atoms with Crippen LogP contribution >= 0.6 is 15.9 Å². The second-order valence-corrected chi connectivity index (χ2v) is 3.38. The van der Waals surface area contributed by atoms with Crippen LogP contribution in [0.2, 0.25) is 0 Å². The van der Waals surface area contributed by atoms with Gasteiger partial charge in [0, 0.05) is 4.47 Å². The first-order chi connectivity index (χ1) is 5.74. The number of ether oxygens (including phenoxy) is 1. The van der Waals surface area contributed by atoms with Crippen LogP contribution in [0.1, 0.15) is 13.3 Å². The summed E-state index contributed by atoms with van der Waals surface area (Å²) in [6.45, 7) is 2.65. The predicted octanol–water partition coefficient (Wildman–Crippen LogP) is 2.94. The van der Waals surface area contributed by atoms with E-state index < -0.39 is 0 Å². The van der Waals surface area contributed by atoms with E-state index in [2.05, 4.69) is 15.9 Å². The maximum Gasteiger partial charge on any atom is 0.162 e. The average Bonchev–Trinajstić information content (AvgIpc) is 2.07. The summed E-state index contributed by atoms with van der Waals surface area (Å²) in [6, 6.07) is 5.13. The van der Waals surface area contributed by atoms with Crippen molar-refractivity contribution < 1.29 is 9.84 Å².